The third-order valence-corrected chi connectivity index (χ3v) is 5.89. The Morgan fingerprint density at radius 1 is 1.06 bits per heavy atom. The monoisotopic (exact) mass is 444 g/mol. The van der Waals surface area contributed by atoms with Crippen molar-refractivity contribution in [2.24, 2.45) is 0 Å². The zero-order valence-electron chi connectivity index (χ0n) is 17.5. The van der Waals surface area contributed by atoms with Crippen LogP contribution in [0.25, 0.3) is 17.0 Å². The third kappa shape index (κ3) is 6.07. The van der Waals surface area contributed by atoms with E-state index in [0.717, 1.165) is 47.5 Å². The molecule has 2 heterocycles. The number of hydrogen-bond donors (Lipinski definition) is 2. The van der Waals surface area contributed by atoms with Crippen molar-refractivity contribution in [3.05, 3.63) is 100 Å². The minimum Gasteiger partial charge on any atom is -0.292 e. The molecule has 2 aromatic carbocycles. The van der Waals surface area contributed by atoms with Crippen molar-refractivity contribution in [2.45, 2.75) is 19.5 Å². The molecule has 0 saturated heterocycles. The molecular weight excluding hydrogens is 420 g/mol. The molecule has 7 heteroatoms. The average molecular weight is 445 g/mol. The smallest absolute Gasteiger partial charge is 0.267 e. The van der Waals surface area contributed by atoms with Crippen LogP contribution in [0.3, 0.4) is 0 Å². The molecule has 6 nitrogen and oxygen atoms in total. The predicted molar refractivity (Wildman–Crippen MR) is 127 cm³/mol. The number of para-hydroxylation sites is 1. The Bertz CT molecular complexity index is 1190. The summed E-state index contributed by atoms with van der Waals surface area (Å²) in [6, 6.07) is 18.4. The van der Waals surface area contributed by atoms with Crippen LogP contribution in [0.5, 0.6) is 0 Å². The van der Waals surface area contributed by atoms with E-state index in [1.165, 1.54) is 17.2 Å². The van der Waals surface area contributed by atoms with E-state index in [2.05, 4.69) is 39.1 Å². The van der Waals surface area contributed by atoms with E-state index in [1.807, 2.05) is 48.1 Å². The number of pyridine rings is 1. The van der Waals surface area contributed by atoms with Crippen molar-refractivity contribution < 1.29 is 10.0 Å². The lowest BCUT2D eigenvalue weighted by molar-refractivity contribution is -0.124. The number of hydrogen-bond acceptors (Lipinski definition) is 6. The zero-order valence-corrected chi connectivity index (χ0v) is 18.3. The molecule has 0 bridgehead atoms. The Balaban J connectivity index is 1.44. The maximum absolute atomic E-state index is 11.1. The molecule has 0 spiro atoms. The molecule has 32 heavy (non-hydrogen) atoms. The van der Waals surface area contributed by atoms with Crippen LogP contribution < -0.4 is 5.48 Å². The highest BCUT2D eigenvalue weighted by Gasteiger charge is 2.10. The number of carbonyl (C=O) groups excluding carboxylic acids is 1. The highest BCUT2D eigenvalue weighted by Crippen LogP contribution is 2.17. The largest absolute Gasteiger partial charge is 0.292 e. The second-order valence-corrected chi connectivity index (χ2v) is 8.45. The van der Waals surface area contributed by atoms with Crippen LogP contribution in [0, 0.1) is 0 Å². The average Bonchev–Trinajstić information content (AvgIpc) is 3.35. The number of carbonyl (C=O) groups is 1. The van der Waals surface area contributed by atoms with Crippen LogP contribution in [0.1, 0.15) is 21.7 Å². The summed E-state index contributed by atoms with van der Waals surface area (Å²) in [4.78, 5) is 22.6. The van der Waals surface area contributed by atoms with Gasteiger partial charge in [-0.1, -0.05) is 42.5 Å². The molecule has 0 aliphatic heterocycles. The molecule has 0 atom stereocenters. The van der Waals surface area contributed by atoms with Crippen LogP contribution in [-0.4, -0.2) is 32.5 Å². The maximum atomic E-state index is 11.1. The van der Waals surface area contributed by atoms with Gasteiger partial charge < -0.3 is 0 Å². The van der Waals surface area contributed by atoms with Gasteiger partial charge in [-0.15, -0.1) is 11.3 Å². The van der Waals surface area contributed by atoms with Gasteiger partial charge in [0.05, 0.1) is 12.1 Å². The second-order valence-electron chi connectivity index (χ2n) is 7.47. The summed E-state index contributed by atoms with van der Waals surface area (Å²) in [6.45, 7) is 2.47. The van der Waals surface area contributed by atoms with E-state index < -0.39 is 5.91 Å². The number of thiazole rings is 1. The van der Waals surface area contributed by atoms with Crippen LogP contribution in [0.15, 0.2) is 78.4 Å². The van der Waals surface area contributed by atoms with Gasteiger partial charge in [-0.05, 0) is 41.3 Å². The fraction of sp³-hybridized carbons (Fsp3) is 0.160. The molecule has 2 aromatic heterocycles. The normalized spacial score (nSPS) is 11.4. The first-order valence-corrected chi connectivity index (χ1v) is 11.2. The molecular formula is C25H24N4O2S. The highest BCUT2D eigenvalue weighted by molar-refractivity contribution is 7.09. The van der Waals surface area contributed by atoms with E-state index in [9.17, 15) is 4.79 Å². The fourth-order valence-electron chi connectivity index (χ4n) is 3.48. The van der Waals surface area contributed by atoms with Crippen molar-refractivity contribution >= 4 is 34.2 Å². The first-order chi connectivity index (χ1) is 15.7. The molecule has 0 fully saturated rings. The number of fused-ring (bicyclic) bond motifs is 1. The summed E-state index contributed by atoms with van der Waals surface area (Å²) in [6.07, 6.45) is 7.67. The van der Waals surface area contributed by atoms with Crippen LogP contribution in [0.4, 0.5) is 0 Å². The molecule has 0 aliphatic rings. The van der Waals surface area contributed by atoms with Crippen molar-refractivity contribution in [3.8, 4) is 0 Å². The number of benzene rings is 2. The second kappa shape index (κ2) is 10.8. The van der Waals surface area contributed by atoms with Crippen molar-refractivity contribution in [3.63, 3.8) is 0 Å². The molecule has 0 unspecified atom stereocenters. The van der Waals surface area contributed by atoms with Gasteiger partial charge in [-0.25, -0.2) is 10.5 Å². The fourth-order valence-corrected chi connectivity index (χ4v) is 4.14. The number of amides is 1. The van der Waals surface area contributed by atoms with Gasteiger partial charge >= 0.3 is 0 Å². The number of nitrogens with zero attached hydrogens (tertiary/aromatic N) is 3. The summed E-state index contributed by atoms with van der Waals surface area (Å²) in [5, 5.41) is 12.8. The summed E-state index contributed by atoms with van der Waals surface area (Å²) in [5.41, 5.74) is 5.90. The Labute approximate surface area is 190 Å². The van der Waals surface area contributed by atoms with Gasteiger partial charge in [0.2, 0.25) is 0 Å². The van der Waals surface area contributed by atoms with E-state index in [1.54, 1.807) is 22.9 Å². The Morgan fingerprint density at radius 3 is 2.69 bits per heavy atom. The number of nitrogens with one attached hydrogen (secondary N) is 1. The number of rotatable bonds is 9. The van der Waals surface area contributed by atoms with Gasteiger partial charge in [0, 0.05) is 42.3 Å². The van der Waals surface area contributed by atoms with Gasteiger partial charge in [-0.2, -0.15) is 0 Å². The first-order valence-electron chi connectivity index (χ1n) is 10.3. The van der Waals surface area contributed by atoms with Gasteiger partial charge in [0.25, 0.3) is 5.91 Å². The molecule has 0 saturated carbocycles. The minimum absolute atomic E-state index is 0.549. The molecule has 4 aromatic rings. The van der Waals surface area contributed by atoms with Gasteiger partial charge in [-0.3, -0.25) is 19.9 Å². The number of hydroxylamine groups is 1. The van der Waals surface area contributed by atoms with Crippen LogP contribution in [0.2, 0.25) is 0 Å². The predicted octanol–water partition coefficient (Wildman–Crippen LogP) is 4.45. The molecule has 2 N–H and O–H groups in total. The third-order valence-electron chi connectivity index (χ3n) is 5.13. The van der Waals surface area contributed by atoms with Crippen molar-refractivity contribution in [1.82, 2.24) is 20.3 Å². The Kier molecular flexibility index (Phi) is 7.34. The lowest BCUT2D eigenvalue weighted by Crippen LogP contribution is -2.25. The number of aromatic nitrogens is 2. The summed E-state index contributed by atoms with van der Waals surface area (Å²) < 4.78 is 0. The van der Waals surface area contributed by atoms with Crippen LogP contribution >= 0.6 is 11.3 Å². The lowest BCUT2D eigenvalue weighted by Gasteiger charge is -2.21. The SMILES string of the molecule is O=C(C=Cc1ccc(CN(CCc2cnc3ccccc3c2)Cc2nccs2)cc1)NO. The molecule has 162 valence electrons. The quantitative estimate of drug-likeness (QED) is 0.226. The van der Waals surface area contributed by atoms with Crippen molar-refractivity contribution in [2.75, 3.05) is 6.54 Å². The van der Waals surface area contributed by atoms with E-state index in [0.29, 0.717) is 0 Å². The zero-order chi connectivity index (χ0) is 22.2. The molecule has 1 amide bonds. The van der Waals surface area contributed by atoms with E-state index in [-0.39, 0.29) is 0 Å². The first kappa shape index (κ1) is 21.8. The Hall–Kier alpha value is -3.39. The van der Waals surface area contributed by atoms with Gasteiger partial charge in [0.1, 0.15) is 5.01 Å². The molecule has 0 radical (unpaired) electrons. The molecule has 4 rings (SSSR count). The van der Waals surface area contributed by atoms with Crippen LogP contribution in [-0.2, 0) is 24.3 Å². The lowest BCUT2D eigenvalue weighted by atomic mass is 10.1. The summed E-state index contributed by atoms with van der Waals surface area (Å²) in [5.74, 6) is -0.549. The summed E-state index contributed by atoms with van der Waals surface area (Å²) >= 11 is 1.67. The van der Waals surface area contributed by atoms with E-state index >= 15 is 0 Å². The maximum Gasteiger partial charge on any atom is 0.267 e. The standard InChI is InChI=1S/C25H24N4O2S/c30-24(28-31)10-9-19-5-7-20(8-6-19)17-29(18-25-26-12-14-32-25)13-11-21-15-22-3-1-2-4-23(22)27-16-21/h1-10,12,14-16,31H,11,13,17-18H2,(H,28,30). The molecule has 0 aliphatic carbocycles. The summed E-state index contributed by atoms with van der Waals surface area (Å²) in [7, 11) is 0. The minimum atomic E-state index is -0.549. The highest BCUT2D eigenvalue weighted by atomic mass is 32.1. The van der Waals surface area contributed by atoms with E-state index in [4.69, 9.17) is 5.21 Å². The van der Waals surface area contributed by atoms with Crippen molar-refractivity contribution in [1.29, 1.82) is 0 Å². The van der Waals surface area contributed by atoms with Gasteiger partial charge in [0.15, 0.2) is 0 Å². The topological polar surface area (TPSA) is 78.4 Å². The Morgan fingerprint density at radius 2 is 1.91 bits per heavy atom.